The van der Waals surface area contributed by atoms with Crippen LogP contribution >= 0.6 is 11.8 Å². The average molecular weight is 540 g/mol. The molecule has 0 bridgehead atoms. The van der Waals surface area contributed by atoms with E-state index in [0.717, 1.165) is 12.2 Å². The molecule has 6 rings (SSSR count). The predicted octanol–water partition coefficient (Wildman–Crippen LogP) is 5.43. The van der Waals surface area contributed by atoms with E-state index in [0.29, 0.717) is 34.3 Å². The van der Waals surface area contributed by atoms with Crippen LogP contribution in [0.5, 0.6) is 0 Å². The zero-order valence-corrected chi connectivity index (χ0v) is 22.2. The first-order chi connectivity index (χ1) is 19.0. The van der Waals surface area contributed by atoms with Gasteiger partial charge in [-0.15, -0.1) is 11.8 Å². The Bertz CT molecular complexity index is 1630. The van der Waals surface area contributed by atoms with E-state index in [1.54, 1.807) is 26.1 Å². The Hall–Kier alpha value is -4.31. The Labute approximate surface area is 229 Å². The molecule has 0 saturated carbocycles. The number of carbonyl (C=O) groups excluding carboxylic acids is 1. The second kappa shape index (κ2) is 10.5. The van der Waals surface area contributed by atoms with Gasteiger partial charge in [-0.05, 0) is 36.0 Å². The average Bonchev–Trinajstić information content (AvgIpc) is 3.40. The number of dihydropyridines is 1. The highest BCUT2D eigenvalue weighted by atomic mass is 32.2. The molecule has 0 saturated heterocycles. The third-order valence-electron chi connectivity index (χ3n) is 6.75. The van der Waals surface area contributed by atoms with Crippen LogP contribution in [0.25, 0.3) is 27.9 Å². The summed E-state index contributed by atoms with van der Waals surface area (Å²) in [6.07, 6.45) is 17.8. The van der Waals surface area contributed by atoms with Crippen LogP contribution in [0.1, 0.15) is 32.4 Å². The van der Waals surface area contributed by atoms with Gasteiger partial charge in [0.2, 0.25) is 5.91 Å². The number of nitrogens with one attached hydrogen (secondary N) is 3. The minimum Gasteiger partial charge on any atom is -0.348 e. The van der Waals surface area contributed by atoms with E-state index in [1.165, 1.54) is 29.9 Å². The maximum Gasteiger partial charge on any atom is 0.226 e. The van der Waals surface area contributed by atoms with Crippen molar-refractivity contribution in [1.29, 1.82) is 0 Å². The van der Waals surface area contributed by atoms with Crippen molar-refractivity contribution in [3.8, 4) is 11.1 Å². The topological polar surface area (TPSA) is 105 Å². The number of allylic oxidation sites excluding steroid dienone is 5. The summed E-state index contributed by atoms with van der Waals surface area (Å²) in [5, 5.41) is 12.3. The van der Waals surface area contributed by atoms with E-state index in [4.69, 9.17) is 0 Å². The number of anilines is 1. The summed E-state index contributed by atoms with van der Waals surface area (Å²) >= 11 is 1.82. The molecule has 8 nitrogen and oxygen atoms in total. The number of nitrogens with zero attached hydrogens (tertiary/aromatic N) is 4. The van der Waals surface area contributed by atoms with Crippen molar-refractivity contribution in [2.45, 2.75) is 31.9 Å². The summed E-state index contributed by atoms with van der Waals surface area (Å²) in [6.45, 7) is 3.60. The fourth-order valence-electron chi connectivity index (χ4n) is 4.72. The SMILES string of the molecule is CC(C)C(=O)Nc1cncc(-c2cnc3ncnc(C4=CCC5=C(NC=CC=C5C5CC=CS5)N4)c3c2F)c1. The fraction of sp³-hybridized carbons (Fsp3) is 0.207. The van der Waals surface area contributed by atoms with E-state index in [9.17, 15) is 4.79 Å². The molecule has 0 aromatic carbocycles. The number of thioether (sulfide) groups is 1. The Morgan fingerprint density at radius 3 is 2.92 bits per heavy atom. The van der Waals surface area contributed by atoms with Crippen molar-refractivity contribution in [2.75, 3.05) is 5.32 Å². The summed E-state index contributed by atoms with van der Waals surface area (Å²) in [5.74, 6) is 0.00967. The van der Waals surface area contributed by atoms with E-state index < -0.39 is 5.82 Å². The second-order valence-corrected chi connectivity index (χ2v) is 10.8. The quantitative estimate of drug-likeness (QED) is 0.394. The van der Waals surface area contributed by atoms with Gasteiger partial charge in [0.05, 0.1) is 23.0 Å². The van der Waals surface area contributed by atoms with Crippen LogP contribution in [0.2, 0.25) is 0 Å². The van der Waals surface area contributed by atoms with Gasteiger partial charge in [-0.2, -0.15) is 0 Å². The third-order valence-corrected chi connectivity index (χ3v) is 7.88. The fourth-order valence-corrected chi connectivity index (χ4v) is 5.72. The number of hydrogen-bond acceptors (Lipinski definition) is 8. The molecular weight excluding hydrogens is 513 g/mol. The first-order valence-corrected chi connectivity index (χ1v) is 13.6. The molecular formula is C29H26FN7OS. The Morgan fingerprint density at radius 2 is 2.10 bits per heavy atom. The number of fused-ring (bicyclic) bond motifs is 1. The van der Waals surface area contributed by atoms with Gasteiger partial charge in [0.15, 0.2) is 5.65 Å². The van der Waals surface area contributed by atoms with Crippen molar-refractivity contribution >= 4 is 40.1 Å². The van der Waals surface area contributed by atoms with Gasteiger partial charge < -0.3 is 16.0 Å². The Kier molecular flexibility index (Phi) is 6.70. The summed E-state index contributed by atoms with van der Waals surface area (Å²) in [6, 6.07) is 1.68. The lowest BCUT2D eigenvalue weighted by Gasteiger charge is -2.26. The van der Waals surface area contributed by atoms with Crippen molar-refractivity contribution in [1.82, 2.24) is 30.6 Å². The van der Waals surface area contributed by atoms with Crippen molar-refractivity contribution in [2.24, 2.45) is 5.92 Å². The molecule has 3 aromatic heterocycles. The van der Waals surface area contributed by atoms with Gasteiger partial charge >= 0.3 is 0 Å². The number of halogens is 1. The first-order valence-electron chi connectivity index (χ1n) is 12.7. The molecule has 3 aliphatic rings. The molecule has 0 aliphatic carbocycles. The van der Waals surface area contributed by atoms with E-state index >= 15 is 4.39 Å². The lowest BCUT2D eigenvalue weighted by atomic mass is 9.94. The Morgan fingerprint density at radius 1 is 1.21 bits per heavy atom. The van der Waals surface area contributed by atoms with Gasteiger partial charge in [0.1, 0.15) is 23.7 Å². The number of carbonyl (C=O) groups is 1. The predicted molar refractivity (Wildman–Crippen MR) is 152 cm³/mol. The highest BCUT2D eigenvalue weighted by Gasteiger charge is 2.27. The summed E-state index contributed by atoms with van der Waals surface area (Å²) in [5.41, 5.74) is 5.01. The maximum absolute atomic E-state index is 16.2. The molecule has 3 aromatic rings. The highest BCUT2D eigenvalue weighted by Crippen LogP contribution is 2.39. The molecule has 0 fully saturated rings. The molecule has 10 heteroatoms. The summed E-state index contributed by atoms with van der Waals surface area (Å²) < 4.78 is 16.2. The minimum absolute atomic E-state index is 0.145. The van der Waals surface area contributed by atoms with Gasteiger partial charge in [0.25, 0.3) is 0 Å². The zero-order chi connectivity index (χ0) is 26.9. The number of aromatic nitrogens is 4. The molecule has 0 spiro atoms. The van der Waals surface area contributed by atoms with Crippen LogP contribution < -0.4 is 16.0 Å². The molecule has 1 amide bonds. The molecule has 3 aliphatic heterocycles. The van der Waals surface area contributed by atoms with E-state index in [1.807, 2.05) is 30.1 Å². The minimum atomic E-state index is -0.505. The smallest absolute Gasteiger partial charge is 0.226 e. The van der Waals surface area contributed by atoms with Gasteiger partial charge in [-0.3, -0.25) is 9.78 Å². The van der Waals surface area contributed by atoms with Crippen LogP contribution in [0.3, 0.4) is 0 Å². The van der Waals surface area contributed by atoms with E-state index in [2.05, 4.69) is 53.4 Å². The first kappa shape index (κ1) is 25.0. The summed E-state index contributed by atoms with van der Waals surface area (Å²) in [7, 11) is 0. The van der Waals surface area contributed by atoms with Gasteiger partial charge in [-0.25, -0.2) is 19.3 Å². The van der Waals surface area contributed by atoms with Gasteiger partial charge in [0, 0.05) is 46.5 Å². The molecule has 6 heterocycles. The second-order valence-electron chi connectivity index (χ2n) is 9.67. The number of amides is 1. The van der Waals surface area contributed by atoms with E-state index in [-0.39, 0.29) is 28.4 Å². The van der Waals surface area contributed by atoms with Crippen molar-refractivity contribution in [3.63, 3.8) is 0 Å². The molecule has 196 valence electrons. The van der Waals surface area contributed by atoms with Crippen LogP contribution in [-0.4, -0.2) is 31.1 Å². The molecule has 39 heavy (non-hydrogen) atoms. The lowest BCUT2D eigenvalue weighted by molar-refractivity contribution is -0.118. The normalized spacial score (nSPS) is 18.3. The molecule has 1 unspecified atom stereocenters. The standard InChI is InChI=1S/C29H26FN7OS/c1-16(2)29(38)36-18-11-17(12-31-13-18)21-14-33-28-24(25(21)30)26(34-15-35-28)22-8-7-20-19(23-6-4-10-39-23)5-3-9-32-27(20)37-22/h3-5,8-16,23,32,37H,6-7H2,1-2H3,(H,36,38). The third kappa shape index (κ3) is 4.83. The number of pyridine rings is 2. The number of hydrogen-bond donors (Lipinski definition) is 3. The van der Waals surface area contributed by atoms with Crippen LogP contribution in [-0.2, 0) is 4.79 Å². The van der Waals surface area contributed by atoms with Crippen molar-refractivity contribution in [3.05, 3.63) is 95.4 Å². The van der Waals surface area contributed by atoms with Crippen LogP contribution in [0.15, 0.2) is 83.9 Å². The van der Waals surface area contributed by atoms with Gasteiger partial charge in [-0.1, -0.05) is 32.1 Å². The zero-order valence-electron chi connectivity index (χ0n) is 21.4. The number of rotatable bonds is 5. The largest absolute Gasteiger partial charge is 0.348 e. The van der Waals surface area contributed by atoms with Crippen LogP contribution in [0, 0.1) is 11.7 Å². The Balaban J connectivity index is 1.36. The molecule has 1 atom stereocenters. The lowest BCUT2D eigenvalue weighted by Crippen LogP contribution is -2.28. The molecule has 0 radical (unpaired) electrons. The molecule has 3 N–H and O–H groups in total. The monoisotopic (exact) mass is 539 g/mol. The van der Waals surface area contributed by atoms with Crippen molar-refractivity contribution < 1.29 is 9.18 Å². The highest BCUT2D eigenvalue weighted by molar-refractivity contribution is 8.03. The van der Waals surface area contributed by atoms with Crippen LogP contribution in [0.4, 0.5) is 10.1 Å². The maximum atomic E-state index is 16.2. The summed E-state index contributed by atoms with van der Waals surface area (Å²) in [4.78, 5) is 29.5.